The molecule has 0 aromatic carbocycles. The lowest BCUT2D eigenvalue weighted by molar-refractivity contribution is -0.140. The maximum absolute atomic E-state index is 11.1. The van der Waals surface area contributed by atoms with Crippen molar-refractivity contribution < 1.29 is 39.2 Å². The number of allylic oxidation sites excluding steroid dienone is 21. The number of rotatable bonds is 61. The van der Waals surface area contributed by atoms with Crippen LogP contribution in [0, 0.1) is 23.7 Å². The zero-order chi connectivity index (χ0) is 72.8. The smallest absolute Gasteiger partial charge is 0.315 e. The summed E-state index contributed by atoms with van der Waals surface area (Å²) in [6.07, 6.45) is 86.8. The lowest BCUT2D eigenvalue weighted by Crippen LogP contribution is -2.06. The van der Waals surface area contributed by atoms with E-state index in [1.54, 1.807) is 23.5 Å². The molecule has 560 valence electrons. The highest BCUT2D eigenvalue weighted by Crippen LogP contribution is 2.15. The third-order valence-electron chi connectivity index (χ3n) is 14.5. The molecule has 0 bridgehead atoms. The number of thioether (sulfide) groups is 4. The molecule has 0 saturated heterocycles. The third-order valence-corrected chi connectivity index (χ3v) is 18.9. The number of carboxylic acid groups (broad SMARTS) is 2. The number of ether oxygens (including phenoxy) is 1. The zero-order valence-corrected chi connectivity index (χ0v) is 68.6. The van der Waals surface area contributed by atoms with Crippen molar-refractivity contribution in [2.24, 2.45) is 23.7 Å². The standard InChI is InChI=1S/C20H34O2S.C19H32O3S.C17H30O2S.C15H26OS.C13H23I/c1-3-4-9-14-19(2)15-10-5-7-12-17-23-18-13-8-6-11-16-20(21)22;1-2-3-8-13-18(20)14-9-4-6-11-16-23-17-12-7-5-10-15-19(21)22;1-4-6-9-12-16(3)13-10-7-8-11-14-20-15-17(18)19-5-2;1-3-4-7-10-15(2)11-8-5-6-9-13-17-14-12-16;1-3-4-7-10-13(2)11-8-5-6-9-12-14/h5,7-8,10,13,15,19H,3-4,6,9,11-12,14,16-18H2,1-2H3,(H,21,22);4,6-7,9,12,14,18,20H,2-3,5,8,10-11,13,15-17H2,1H3,(H,21,22);7-8,10,13,16H,4-6,9,11-12,14-15H2,1-3H3;5-6,8,11-12,15H,3-4,7,9-10,13-14H2,1-2H3;5-6,8,11,13H,3-4,7,9-10,12H2,1-2H3/b7-5-,13-8-,15-10+;6-4-,12-7-,14-9+;8-7-,13-10+;2*6-5-,11-8+/t19-;18-;16-;15-;13-/m00000/s1. The van der Waals surface area contributed by atoms with Crippen LogP contribution in [0.5, 0.6) is 0 Å². The van der Waals surface area contributed by atoms with Gasteiger partial charge in [-0.1, -0.05) is 327 Å². The van der Waals surface area contributed by atoms with Crippen LogP contribution >= 0.6 is 69.6 Å². The Morgan fingerprint density at radius 2 is 0.701 bits per heavy atom. The van der Waals surface area contributed by atoms with E-state index in [-0.39, 0.29) is 24.9 Å². The van der Waals surface area contributed by atoms with E-state index in [2.05, 4.69) is 213 Å². The summed E-state index contributed by atoms with van der Waals surface area (Å²) in [6.45, 7) is 22.6. The summed E-state index contributed by atoms with van der Waals surface area (Å²) in [5.41, 5.74) is 0. The number of aliphatic carboxylic acids is 2. The molecular weight excluding hydrogens is 1390 g/mol. The van der Waals surface area contributed by atoms with Crippen LogP contribution in [-0.2, 0) is 23.9 Å². The van der Waals surface area contributed by atoms with Gasteiger partial charge in [0.05, 0.1) is 18.5 Å². The quantitative estimate of drug-likeness (QED) is 0.0102. The molecule has 0 unspecified atom stereocenters. The van der Waals surface area contributed by atoms with Crippen LogP contribution in [0.1, 0.15) is 268 Å². The van der Waals surface area contributed by atoms with E-state index in [0.717, 1.165) is 111 Å². The normalized spacial score (nSPS) is 13.5. The number of halogens is 1. The molecule has 0 spiro atoms. The molecule has 13 heteroatoms. The zero-order valence-electron chi connectivity index (χ0n) is 63.2. The van der Waals surface area contributed by atoms with Gasteiger partial charge in [-0.15, -0.1) is 11.8 Å². The summed E-state index contributed by atoms with van der Waals surface area (Å²) >= 11 is 9.50. The van der Waals surface area contributed by atoms with E-state index in [0.29, 0.717) is 35.9 Å². The van der Waals surface area contributed by atoms with E-state index in [1.165, 1.54) is 126 Å². The van der Waals surface area contributed by atoms with Gasteiger partial charge in [-0.2, -0.15) is 35.3 Å². The molecule has 0 aromatic rings. The van der Waals surface area contributed by atoms with Crippen molar-refractivity contribution in [1.82, 2.24) is 0 Å². The van der Waals surface area contributed by atoms with Gasteiger partial charge in [0.25, 0.3) is 0 Å². The minimum Gasteiger partial charge on any atom is -0.481 e. The minimum absolute atomic E-state index is 0.109. The topological polar surface area (TPSA) is 138 Å². The highest BCUT2D eigenvalue weighted by molar-refractivity contribution is 14.1. The van der Waals surface area contributed by atoms with Crippen LogP contribution in [0.2, 0.25) is 0 Å². The number of hydrogen-bond acceptors (Lipinski definition) is 10. The molecule has 0 aliphatic heterocycles. The summed E-state index contributed by atoms with van der Waals surface area (Å²) in [5.74, 6) is 8.55. The monoisotopic (exact) mass is 1540 g/mol. The first-order valence-corrected chi connectivity index (χ1v) is 43.8. The number of esters is 1. The third kappa shape index (κ3) is 107. The maximum atomic E-state index is 11.1. The van der Waals surface area contributed by atoms with Crippen molar-refractivity contribution in [3.8, 4) is 0 Å². The van der Waals surface area contributed by atoms with Gasteiger partial charge in [-0.25, -0.2) is 0 Å². The van der Waals surface area contributed by atoms with Gasteiger partial charge in [0.15, 0.2) is 0 Å². The molecule has 0 saturated carbocycles. The number of aldehydes is 1. The Morgan fingerprint density at radius 1 is 0.381 bits per heavy atom. The predicted octanol–water partition coefficient (Wildman–Crippen LogP) is 26.0. The van der Waals surface area contributed by atoms with Crippen molar-refractivity contribution in [3.63, 3.8) is 0 Å². The molecule has 3 N–H and O–H groups in total. The number of carboxylic acids is 2. The molecule has 0 rings (SSSR count). The van der Waals surface area contributed by atoms with E-state index in [1.807, 2.05) is 48.7 Å². The molecule has 0 aliphatic carbocycles. The average molecular weight is 1540 g/mol. The number of aliphatic hydroxyl groups is 1. The van der Waals surface area contributed by atoms with E-state index in [9.17, 15) is 24.3 Å². The summed E-state index contributed by atoms with van der Waals surface area (Å²) < 4.78 is 6.08. The molecule has 0 heterocycles. The molecule has 0 aromatic heterocycles. The van der Waals surface area contributed by atoms with Crippen molar-refractivity contribution >= 4 is 93.8 Å². The lowest BCUT2D eigenvalue weighted by atomic mass is 10.0. The highest BCUT2D eigenvalue weighted by Gasteiger charge is 2.02. The van der Waals surface area contributed by atoms with Crippen molar-refractivity contribution in [2.75, 3.05) is 57.1 Å². The average Bonchev–Trinajstić information content (AvgIpc) is 3.65. The van der Waals surface area contributed by atoms with Crippen LogP contribution < -0.4 is 0 Å². The van der Waals surface area contributed by atoms with Crippen LogP contribution in [0.15, 0.2) is 146 Å². The molecule has 0 fully saturated rings. The van der Waals surface area contributed by atoms with Crippen molar-refractivity contribution in [3.05, 3.63) is 146 Å². The molecular formula is C84H145IO8S4. The Morgan fingerprint density at radius 3 is 1.02 bits per heavy atom. The first-order valence-electron chi connectivity index (χ1n) is 37.7. The maximum Gasteiger partial charge on any atom is 0.315 e. The van der Waals surface area contributed by atoms with E-state index >= 15 is 0 Å². The van der Waals surface area contributed by atoms with Gasteiger partial charge < -0.3 is 24.9 Å². The first kappa shape index (κ1) is 103. The van der Waals surface area contributed by atoms with Crippen LogP contribution in [-0.4, -0.2) is 103 Å². The second kappa shape index (κ2) is 93.0. The van der Waals surface area contributed by atoms with Crippen LogP contribution in [0.4, 0.5) is 0 Å². The van der Waals surface area contributed by atoms with Crippen molar-refractivity contribution in [2.45, 2.75) is 274 Å². The number of alkyl halides is 1. The number of unbranched alkanes of at least 4 members (excludes halogenated alkanes) is 12. The summed E-state index contributed by atoms with van der Waals surface area (Å²) in [5, 5.41) is 26.7. The summed E-state index contributed by atoms with van der Waals surface area (Å²) in [7, 11) is 0. The fraction of sp³-hybridized carbons (Fsp3) is 0.667. The largest absolute Gasteiger partial charge is 0.481 e. The van der Waals surface area contributed by atoms with Gasteiger partial charge in [-0.3, -0.25) is 14.4 Å². The van der Waals surface area contributed by atoms with Crippen molar-refractivity contribution in [1.29, 1.82) is 0 Å². The van der Waals surface area contributed by atoms with Gasteiger partial charge in [0.1, 0.15) is 6.29 Å². The molecule has 97 heavy (non-hydrogen) atoms. The molecule has 8 nitrogen and oxygen atoms in total. The van der Waals surface area contributed by atoms with Crippen LogP contribution in [0.25, 0.3) is 0 Å². The first-order chi connectivity index (χ1) is 47.1. The fourth-order valence-corrected chi connectivity index (χ4v) is 11.7. The van der Waals surface area contributed by atoms with E-state index in [4.69, 9.17) is 14.9 Å². The second-order valence-corrected chi connectivity index (χ2v) is 30.1. The highest BCUT2D eigenvalue weighted by atomic mass is 127. The Balaban J connectivity index is -0.000000367. The van der Waals surface area contributed by atoms with Gasteiger partial charge in [-0.05, 0) is 143 Å². The van der Waals surface area contributed by atoms with Gasteiger partial charge in [0.2, 0.25) is 0 Å². The SMILES string of the molecule is CCCCC[C@H](C)/C=C/C=C\CCI.CCCCC[C@H](C)/C=C/C=C\CCSC/C=C\CCCC(=O)O.CCCCC[C@H](C)/C=C/C=C\CCSCC(=O)OCC.CCCCC[C@H](C)/C=C/C=C\CCSCC=O.CCCCC[C@H](O)/C=C/C=C\CCSC/C=C\CCCC(=O)O. The summed E-state index contributed by atoms with van der Waals surface area (Å²) in [4.78, 5) is 41.8. The summed E-state index contributed by atoms with van der Waals surface area (Å²) in [6, 6.07) is 0. The minimum atomic E-state index is -0.720. The number of aliphatic hydroxyl groups excluding tert-OH is 1. The van der Waals surface area contributed by atoms with Gasteiger partial charge in [0, 0.05) is 34.5 Å². The molecule has 5 atom stereocenters. The molecule has 0 radical (unpaired) electrons. The fourth-order valence-electron chi connectivity index (χ4n) is 8.61. The Hall–Kier alpha value is -2.95. The van der Waals surface area contributed by atoms with Crippen LogP contribution in [0.3, 0.4) is 0 Å². The lowest BCUT2D eigenvalue weighted by Gasteiger charge is -2.03. The predicted molar refractivity (Wildman–Crippen MR) is 450 cm³/mol. The molecule has 0 aliphatic rings. The Labute approximate surface area is 629 Å². The van der Waals surface area contributed by atoms with Gasteiger partial charge >= 0.3 is 17.9 Å². The number of carbonyl (C=O) groups is 4. The number of hydrogen-bond donors (Lipinski definition) is 3. The molecule has 0 amide bonds. The van der Waals surface area contributed by atoms with E-state index < -0.39 is 11.9 Å². The Kier molecular flexibility index (Phi) is 98.5. The Bertz CT molecular complexity index is 1970. The second-order valence-electron chi connectivity index (χ2n) is 24.4. The number of carbonyl (C=O) groups excluding carboxylic acids is 2.